The second-order valence-electron chi connectivity index (χ2n) is 6.63. The number of carbonyl (C=O) groups is 2. The molecular weight excluding hydrogens is 352 g/mol. The van der Waals surface area contributed by atoms with Gasteiger partial charge in [-0.25, -0.2) is 0 Å². The number of ether oxygens (including phenoxy) is 4. The predicted octanol–water partition coefficient (Wildman–Crippen LogP) is 1.03. The standard InChI is InChI=1S/C19H36N2O6/c1-3-10-25-12-14-27-15-13-26-11-4-9-20-18(22)19(23)21-16-5-7-17(24-2)8-6-16/h16-17H,3-15H2,1-2H3,(H,20,22)(H,21,23). The molecule has 8 heteroatoms. The van der Waals surface area contributed by atoms with E-state index in [0.29, 0.717) is 46.0 Å². The number of carbonyl (C=O) groups excluding carboxylic acids is 2. The average Bonchev–Trinajstić information content (AvgIpc) is 2.69. The monoisotopic (exact) mass is 388 g/mol. The van der Waals surface area contributed by atoms with Crippen LogP contribution in [0, 0.1) is 0 Å². The Hall–Kier alpha value is -1.22. The summed E-state index contributed by atoms with van der Waals surface area (Å²) < 4.78 is 21.4. The smallest absolute Gasteiger partial charge is 0.309 e. The van der Waals surface area contributed by atoms with Crippen LogP contribution in [0.25, 0.3) is 0 Å². The van der Waals surface area contributed by atoms with E-state index in [-0.39, 0.29) is 12.1 Å². The number of hydrogen-bond acceptors (Lipinski definition) is 6. The molecule has 158 valence electrons. The van der Waals surface area contributed by atoms with Crippen molar-refractivity contribution >= 4 is 11.8 Å². The summed E-state index contributed by atoms with van der Waals surface area (Å²) >= 11 is 0. The van der Waals surface area contributed by atoms with Crippen LogP contribution < -0.4 is 10.6 Å². The van der Waals surface area contributed by atoms with Crippen LogP contribution in [0.2, 0.25) is 0 Å². The third kappa shape index (κ3) is 12.0. The van der Waals surface area contributed by atoms with Gasteiger partial charge in [0.2, 0.25) is 0 Å². The third-order valence-electron chi connectivity index (χ3n) is 4.39. The number of nitrogens with one attached hydrogen (secondary N) is 2. The molecule has 0 spiro atoms. The highest BCUT2D eigenvalue weighted by Gasteiger charge is 2.24. The van der Waals surface area contributed by atoms with E-state index in [4.69, 9.17) is 18.9 Å². The minimum absolute atomic E-state index is 0.0605. The molecule has 0 saturated heterocycles. The molecule has 1 rings (SSSR count). The van der Waals surface area contributed by atoms with Crippen molar-refractivity contribution in [2.24, 2.45) is 0 Å². The fraction of sp³-hybridized carbons (Fsp3) is 0.895. The molecule has 0 radical (unpaired) electrons. The molecule has 0 bridgehead atoms. The summed E-state index contributed by atoms with van der Waals surface area (Å²) in [6.07, 6.45) is 5.45. The first-order chi connectivity index (χ1) is 13.2. The summed E-state index contributed by atoms with van der Waals surface area (Å²) in [5.41, 5.74) is 0. The molecule has 0 aromatic heterocycles. The Morgan fingerprint density at radius 2 is 1.44 bits per heavy atom. The van der Waals surface area contributed by atoms with Crippen molar-refractivity contribution in [2.45, 2.75) is 57.6 Å². The molecule has 0 unspecified atom stereocenters. The maximum Gasteiger partial charge on any atom is 0.309 e. The van der Waals surface area contributed by atoms with Gasteiger partial charge in [0.25, 0.3) is 0 Å². The molecule has 0 aromatic rings. The fourth-order valence-electron chi connectivity index (χ4n) is 2.84. The van der Waals surface area contributed by atoms with Gasteiger partial charge in [-0.3, -0.25) is 9.59 Å². The van der Waals surface area contributed by atoms with E-state index in [0.717, 1.165) is 38.7 Å². The van der Waals surface area contributed by atoms with Crippen LogP contribution in [0.4, 0.5) is 0 Å². The van der Waals surface area contributed by atoms with Crippen LogP contribution in [0.15, 0.2) is 0 Å². The van der Waals surface area contributed by atoms with Gasteiger partial charge >= 0.3 is 11.8 Å². The zero-order valence-corrected chi connectivity index (χ0v) is 16.8. The lowest BCUT2D eigenvalue weighted by molar-refractivity contribution is -0.139. The quantitative estimate of drug-likeness (QED) is 0.341. The van der Waals surface area contributed by atoms with Crippen molar-refractivity contribution in [1.29, 1.82) is 0 Å². The van der Waals surface area contributed by atoms with Crippen LogP contribution in [0.3, 0.4) is 0 Å². The third-order valence-corrected chi connectivity index (χ3v) is 4.39. The average molecular weight is 389 g/mol. The Labute approximate surface area is 162 Å². The van der Waals surface area contributed by atoms with Gasteiger partial charge in [0.1, 0.15) is 0 Å². The lowest BCUT2D eigenvalue weighted by atomic mass is 9.93. The first kappa shape index (κ1) is 23.8. The lowest BCUT2D eigenvalue weighted by Crippen LogP contribution is -2.46. The summed E-state index contributed by atoms with van der Waals surface area (Å²) in [4.78, 5) is 23.7. The topological polar surface area (TPSA) is 95.1 Å². The molecule has 27 heavy (non-hydrogen) atoms. The molecule has 1 saturated carbocycles. The SMILES string of the molecule is CCCOCCOCCOCCCNC(=O)C(=O)NC1CCC(OC)CC1. The van der Waals surface area contributed by atoms with Gasteiger partial charge in [-0.05, 0) is 38.5 Å². The predicted molar refractivity (Wildman–Crippen MR) is 102 cm³/mol. The molecule has 0 aromatic carbocycles. The zero-order chi connectivity index (χ0) is 19.7. The molecule has 0 aliphatic heterocycles. The Morgan fingerprint density at radius 1 is 0.852 bits per heavy atom. The second-order valence-corrected chi connectivity index (χ2v) is 6.63. The Balaban J connectivity index is 1.91. The summed E-state index contributed by atoms with van der Waals surface area (Å²) in [5.74, 6) is -1.14. The van der Waals surface area contributed by atoms with E-state index in [1.807, 2.05) is 0 Å². The van der Waals surface area contributed by atoms with Crippen molar-refractivity contribution in [3.05, 3.63) is 0 Å². The molecule has 0 atom stereocenters. The van der Waals surface area contributed by atoms with Crippen molar-refractivity contribution in [2.75, 3.05) is 53.3 Å². The first-order valence-electron chi connectivity index (χ1n) is 10.0. The van der Waals surface area contributed by atoms with E-state index in [9.17, 15) is 9.59 Å². The molecule has 1 aliphatic rings. The minimum atomic E-state index is -0.584. The summed E-state index contributed by atoms with van der Waals surface area (Å²) in [7, 11) is 1.71. The van der Waals surface area contributed by atoms with Crippen LogP contribution in [-0.2, 0) is 28.5 Å². The largest absolute Gasteiger partial charge is 0.381 e. The van der Waals surface area contributed by atoms with Crippen LogP contribution >= 0.6 is 0 Å². The molecule has 8 nitrogen and oxygen atoms in total. The van der Waals surface area contributed by atoms with Crippen LogP contribution in [0.5, 0.6) is 0 Å². The highest BCUT2D eigenvalue weighted by Crippen LogP contribution is 2.20. The number of methoxy groups -OCH3 is 1. The molecular formula is C19H36N2O6. The first-order valence-corrected chi connectivity index (χ1v) is 10.0. The van der Waals surface area contributed by atoms with Gasteiger partial charge in [-0.1, -0.05) is 6.92 Å². The Kier molecular flexibility index (Phi) is 13.9. The normalized spacial score (nSPS) is 19.6. The zero-order valence-electron chi connectivity index (χ0n) is 16.8. The number of hydrogen-bond donors (Lipinski definition) is 2. The molecule has 1 aliphatic carbocycles. The summed E-state index contributed by atoms with van der Waals surface area (Å²) in [5, 5.41) is 5.41. The molecule has 2 amide bonds. The molecule has 1 fully saturated rings. The van der Waals surface area contributed by atoms with Gasteiger partial charge in [0.05, 0.1) is 32.5 Å². The van der Waals surface area contributed by atoms with Crippen molar-refractivity contribution in [3.63, 3.8) is 0 Å². The maximum absolute atomic E-state index is 11.9. The van der Waals surface area contributed by atoms with Crippen LogP contribution in [0.1, 0.15) is 45.4 Å². The highest BCUT2D eigenvalue weighted by atomic mass is 16.5. The van der Waals surface area contributed by atoms with E-state index in [2.05, 4.69) is 17.6 Å². The van der Waals surface area contributed by atoms with Gasteiger partial charge in [-0.15, -0.1) is 0 Å². The van der Waals surface area contributed by atoms with Gasteiger partial charge in [0.15, 0.2) is 0 Å². The number of amides is 2. The minimum Gasteiger partial charge on any atom is -0.381 e. The maximum atomic E-state index is 11.9. The Morgan fingerprint density at radius 3 is 2.04 bits per heavy atom. The van der Waals surface area contributed by atoms with Crippen LogP contribution in [-0.4, -0.2) is 77.3 Å². The lowest BCUT2D eigenvalue weighted by Gasteiger charge is -2.27. The van der Waals surface area contributed by atoms with Gasteiger partial charge in [-0.2, -0.15) is 0 Å². The van der Waals surface area contributed by atoms with E-state index in [1.54, 1.807) is 7.11 Å². The Bertz CT molecular complexity index is 400. The molecule has 2 N–H and O–H groups in total. The number of rotatable bonds is 14. The van der Waals surface area contributed by atoms with Gasteiger partial charge < -0.3 is 29.6 Å². The van der Waals surface area contributed by atoms with E-state index < -0.39 is 11.8 Å². The summed E-state index contributed by atoms with van der Waals surface area (Å²) in [6.45, 7) is 5.96. The second kappa shape index (κ2) is 15.8. The van der Waals surface area contributed by atoms with E-state index >= 15 is 0 Å². The van der Waals surface area contributed by atoms with E-state index in [1.165, 1.54) is 0 Å². The van der Waals surface area contributed by atoms with Crippen molar-refractivity contribution in [1.82, 2.24) is 10.6 Å². The fourth-order valence-corrected chi connectivity index (χ4v) is 2.84. The van der Waals surface area contributed by atoms with Crippen molar-refractivity contribution < 1.29 is 28.5 Å². The highest BCUT2D eigenvalue weighted by molar-refractivity contribution is 6.35. The van der Waals surface area contributed by atoms with Crippen molar-refractivity contribution in [3.8, 4) is 0 Å². The summed E-state index contributed by atoms with van der Waals surface area (Å²) in [6, 6.07) is 0.0605. The molecule has 0 heterocycles. The van der Waals surface area contributed by atoms with Gasteiger partial charge in [0, 0.05) is 32.9 Å².